The van der Waals surface area contributed by atoms with Crippen LogP contribution in [0.5, 0.6) is 11.5 Å². The fraction of sp³-hybridized carbons (Fsp3) is 0.179. The lowest BCUT2D eigenvalue weighted by molar-refractivity contribution is 0.102. The summed E-state index contributed by atoms with van der Waals surface area (Å²) in [4.78, 5) is 12.8. The number of benzene rings is 4. The largest absolute Gasteiger partial charge is 0.493 e. The van der Waals surface area contributed by atoms with Crippen molar-refractivity contribution in [3.8, 4) is 11.5 Å². The number of carbonyl (C=O) groups excluding carboxylic acids is 1. The zero-order valence-electron chi connectivity index (χ0n) is 18.4. The predicted octanol–water partition coefficient (Wildman–Crippen LogP) is 6.63. The van der Waals surface area contributed by atoms with Crippen LogP contribution in [0.3, 0.4) is 0 Å². The van der Waals surface area contributed by atoms with Crippen molar-refractivity contribution in [1.29, 1.82) is 0 Å². The van der Waals surface area contributed by atoms with Crippen molar-refractivity contribution in [1.82, 2.24) is 0 Å². The van der Waals surface area contributed by atoms with Gasteiger partial charge in [0.15, 0.2) is 0 Å². The van der Waals surface area contributed by atoms with Gasteiger partial charge in [-0.05, 0) is 72.1 Å². The molecule has 0 aliphatic rings. The summed E-state index contributed by atoms with van der Waals surface area (Å²) in [5, 5.41) is 5.25. The number of fused-ring (bicyclic) bond motifs is 1. The molecule has 0 atom stereocenters. The molecule has 0 spiro atoms. The highest BCUT2D eigenvalue weighted by Gasteiger charge is 2.12. The number of amides is 1. The molecule has 32 heavy (non-hydrogen) atoms. The maximum absolute atomic E-state index is 12.8. The van der Waals surface area contributed by atoms with E-state index in [1.807, 2.05) is 73.7 Å². The summed E-state index contributed by atoms with van der Waals surface area (Å²) in [5.74, 6) is 1.33. The second-order valence-corrected chi connectivity index (χ2v) is 7.56. The monoisotopic (exact) mass is 425 g/mol. The van der Waals surface area contributed by atoms with Gasteiger partial charge in [-0.3, -0.25) is 4.79 Å². The average Bonchev–Trinajstić information content (AvgIpc) is 2.84. The highest BCUT2D eigenvalue weighted by atomic mass is 16.5. The number of rotatable bonds is 8. The summed E-state index contributed by atoms with van der Waals surface area (Å²) in [5.41, 5.74) is 3.39. The SMILES string of the molecule is CCOc1ccc(C(=O)Nc2ccc(CC)cc2)cc1COc1ccc2ccccc2c1. The maximum Gasteiger partial charge on any atom is 0.255 e. The molecule has 0 unspecified atom stereocenters. The van der Waals surface area contributed by atoms with Crippen molar-refractivity contribution in [2.75, 3.05) is 11.9 Å². The van der Waals surface area contributed by atoms with Crippen molar-refractivity contribution in [2.45, 2.75) is 26.9 Å². The average molecular weight is 426 g/mol. The van der Waals surface area contributed by atoms with Gasteiger partial charge in [0.05, 0.1) is 6.61 Å². The van der Waals surface area contributed by atoms with Crippen molar-refractivity contribution in [2.24, 2.45) is 0 Å². The number of ether oxygens (including phenoxy) is 2. The van der Waals surface area contributed by atoms with Gasteiger partial charge in [0.2, 0.25) is 0 Å². The van der Waals surface area contributed by atoms with E-state index in [-0.39, 0.29) is 5.91 Å². The summed E-state index contributed by atoms with van der Waals surface area (Å²) in [6.45, 7) is 4.89. The zero-order chi connectivity index (χ0) is 22.3. The first-order chi connectivity index (χ1) is 15.7. The summed E-state index contributed by atoms with van der Waals surface area (Å²) in [7, 11) is 0. The van der Waals surface area contributed by atoms with Gasteiger partial charge in [-0.1, -0.05) is 49.4 Å². The van der Waals surface area contributed by atoms with E-state index in [9.17, 15) is 4.79 Å². The third-order valence-corrected chi connectivity index (χ3v) is 5.36. The molecule has 0 radical (unpaired) electrons. The molecule has 4 aromatic carbocycles. The second kappa shape index (κ2) is 10.0. The Morgan fingerprint density at radius 3 is 2.34 bits per heavy atom. The lowest BCUT2D eigenvalue weighted by atomic mass is 10.1. The van der Waals surface area contributed by atoms with Crippen molar-refractivity contribution in [3.63, 3.8) is 0 Å². The van der Waals surface area contributed by atoms with Crippen LogP contribution < -0.4 is 14.8 Å². The lowest BCUT2D eigenvalue weighted by Crippen LogP contribution is -2.13. The first kappa shape index (κ1) is 21.4. The Morgan fingerprint density at radius 1 is 0.812 bits per heavy atom. The Hall–Kier alpha value is -3.79. The van der Waals surface area contributed by atoms with Crippen LogP contribution in [0.4, 0.5) is 5.69 Å². The zero-order valence-corrected chi connectivity index (χ0v) is 18.4. The quantitative estimate of drug-likeness (QED) is 0.345. The van der Waals surface area contributed by atoms with E-state index in [1.165, 1.54) is 10.9 Å². The summed E-state index contributed by atoms with van der Waals surface area (Å²) < 4.78 is 11.8. The molecule has 0 saturated carbocycles. The molecule has 1 N–H and O–H groups in total. The molecule has 0 aromatic heterocycles. The summed E-state index contributed by atoms with van der Waals surface area (Å²) in [6.07, 6.45) is 0.966. The fourth-order valence-corrected chi connectivity index (χ4v) is 3.58. The number of carbonyl (C=O) groups is 1. The molecule has 4 nitrogen and oxygen atoms in total. The summed E-state index contributed by atoms with van der Waals surface area (Å²) >= 11 is 0. The molecule has 162 valence electrons. The van der Waals surface area contributed by atoms with Gasteiger partial charge >= 0.3 is 0 Å². The first-order valence-electron chi connectivity index (χ1n) is 10.9. The van der Waals surface area contributed by atoms with Crippen LogP contribution in [0.1, 0.15) is 35.3 Å². The number of aryl methyl sites for hydroxylation is 1. The number of nitrogens with one attached hydrogen (secondary N) is 1. The predicted molar refractivity (Wildman–Crippen MR) is 130 cm³/mol. The van der Waals surface area contributed by atoms with E-state index in [4.69, 9.17) is 9.47 Å². The summed E-state index contributed by atoms with van der Waals surface area (Å²) in [6, 6.07) is 27.5. The topological polar surface area (TPSA) is 47.6 Å². The van der Waals surface area contributed by atoms with Crippen LogP contribution in [-0.4, -0.2) is 12.5 Å². The Balaban J connectivity index is 1.51. The highest BCUT2D eigenvalue weighted by molar-refractivity contribution is 6.04. The van der Waals surface area contributed by atoms with E-state index in [1.54, 1.807) is 6.07 Å². The highest BCUT2D eigenvalue weighted by Crippen LogP contribution is 2.25. The Kier molecular flexibility index (Phi) is 6.71. The number of hydrogen-bond donors (Lipinski definition) is 1. The van der Waals surface area contributed by atoms with E-state index < -0.39 is 0 Å². The molecule has 4 rings (SSSR count). The second-order valence-electron chi connectivity index (χ2n) is 7.56. The minimum atomic E-state index is -0.163. The van der Waals surface area contributed by atoms with Crippen LogP contribution in [0.2, 0.25) is 0 Å². The van der Waals surface area contributed by atoms with Crippen LogP contribution in [-0.2, 0) is 13.0 Å². The molecule has 0 bridgehead atoms. The molecule has 0 saturated heterocycles. The molecule has 0 fully saturated rings. The minimum Gasteiger partial charge on any atom is -0.493 e. The van der Waals surface area contributed by atoms with Gasteiger partial charge in [-0.25, -0.2) is 0 Å². The van der Waals surface area contributed by atoms with E-state index in [2.05, 4.69) is 24.4 Å². The number of hydrogen-bond acceptors (Lipinski definition) is 3. The molecule has 0 heterocycles. The standard InChI is InChI=1S/C28H27NO3/c1-3-20-9-13-25(14-10-20)29-28(30)23-12-16-27(31-4-2)24(17-23)19-32-26-15-11-21-7-5-6-8-22(21)18-26/h5-18H,3-4,19H2,1-2H3,(H,29,30). The number of anilines is 1. The normalized spacial score (nSPS) is 10.7. The van der Waals surface area contributed by atoms with Gasteiger partial charge in [0.1, 0.15) is 18.1 Å². The molecular formula is C28H27NO3. The van der Waals surface area contributed by atoms with Crippen LogP contribution >= 0.6 is 0 Å². The lowest BCUT2D eigenvalue weighted by Gasteiger charge is -2.14. The Morgan fingerprint density at radius 2 is 1.59 bits per heavy atom. The maximum atomic E-state index is 12.8. The third-order valence-electron chi connectivity index (χ3n) is 5.36. The van der Waals surface area contributed by atoms with Gasteiger partial charge in [0, 0.05) is 16.8 Å². The minimum absolute atomic E-state index is 0.163. The van der Waals surface area contributed by atoms with Crippen LogP contribution in [0.15, 0.2) is 84.9 Å². The Bertz CT molecular complexity index is 1220. The van der Waals surface area contributed by atoms with Crippen molar-refractivity contribution >= 4 is 22.4 Å². The molecule has 0 aliphatic heterocycles. The molecule has 4 aromatic rings. The smallest absolute Gasteiger partial charge is 0.255 e. The molecule has 0 aliphatic carbocycles. The van der Waals surface area contributed by atoms with Gasteiger partial charge in [0.25, 0.3) is 5.91 Å². The van der Waals surface area contributed by atoms with Gasteiger partial charge < -0.3 is 14.8 Å². The van der Waals surface area contributed by atoms with Crippen molar-refractivity contribution in [3.05, 3.63) is 102 Å². The third kappa shape index (κ3) is 5.09. The van der Waals surface area contributed by atoms with E-state index in [0.717, 1.165) is 34.6 Å². The first-order valence-corrected chi connectivity index (χ1v) is 10.9. The Labute approximate surface area is 188 Å². The van der Waals surface area contributed by atoms with E-state index >= 15 is 0 Å². The van der Waals surface area contributed by atoms with Crippen LogP contribution in [0.25, 0.3) is 10.8 Å². The molecule has 1 amide bonds. The fourth-order valence-electron chi connectivity index (χ4n) is 3.58. The molecule has 4 heteroatoms. The van der Waals surface area contributed by atoms with Gasteiger partial charge in [-0.2, -0.15) is 0 Å². The molecular weight excluding hydrogens is 398 g/mol. The van der Waals surface area contributed by atoms with E-state index in [0.29, 0.717) is 18.8 Å². The van der Waals surface area contributed by atoms with Gasteiger partial charge in [-0.15, -0.1) is 0 Å². The van der Waals surface area contributed by atoms with Crippen LogP contribution in [0, 0.1) is 0 Å². The van der Waals surface area contributed by atoms with Crippen molar-refractivity contribution < 1.29 is 14.3 Å².